The Balaban J connectivity index is 0.986. The first kappa shape index (κ1) is 45.6. The van der Waals surface area contributed by atoms with E-state index in [0.717, 1.165) is 89.8 Å². The number of hydrogen-bond acceptors (Lipinski definition) is 2. The van der Waals surface area contributed by atoms with Gasteiger partial charge in [-0.05, 0) is 140 Å². The summed E-state index contributed by atoms with van der Waals surface area (Å²) in [6, 6.07) is 75.4. The van der Waals surface area contributed by atoms with Crippen LogP contribution < -0.4 is 9.80 Å². The standard InChI is InChI=1S/C66H54N2/c1-7-54(47-51(4)49(2)35-37-52(5)67(61-29-16-10-17-30-61)63-43-39-57(40-44-63)55-23-12-8-13-24-55)65-33-20-21-34-66(65)60-28-22-27-59(48-60)50(3)36-38-53(6)68(62-31-18-11-19-32-62)64-45-41-58(42-46-64)56-25-14-9-15-26-56/h7-48H,1-6H2/b37-35-,38-36-,54-47+. The van der Waals surface area contributed by atoms with E-state index in [4.69, 9.17) is 0 Å². The number of para-hydroxylation sites is 2. The van der Waals surface area contributed by atoms with E-state index >= 15 is 0 Å². The first-order valence-electron chi connectivity index (χ1n) is 22.6. The first-order chi connectivity index (χ1) is 33.3. The molecule has 0 N–H and O–H groups in total. The van der Waals surface area contributed by atoms with Crippen LogP contribution in [0.3, 0.4) is 0 Å². The van der Waals surface area contributed by atoms with E-state index in [9.17, 15) is 0 Å². The Hall–Kier alpha value is -8.98. The van der Waals surface area contributed by atoms with E-state index in [1.165, 1.54) is 11.1 Å². The number of anilines is 4. The number of rotatable bonds is 18. The van der Waals surface area contributed by atoms with Gasteiger partial charge in [-0.15, -0.1) is 0 Å². The maximum atomic E-state index is 4.52. The minimum absolute atomic E-state index is 0.761. The zero-order valence-corrected chi connectivity index (χ0v) is 38.4. The molecule has 68 heavy (non-hydrogen) atoms. The van der Waals surface area contributed by atoms with Crippen LogP contribution in [0.2, 0.25) is 0 Å². The van der Waals surface area contributed by atoms with Crippen LogP contribution >= 0.6 is 0 Å². The predicted octanol–water partition coefficient (Wildman–Crippen LogP) is 18.2. The van der Waals surface area contributed by atoms with Crippen molar-refractivity contribution >= 4 is 33.9 Å². The highest BCUT2D eigenvalue weighted by atomic mass is 15.1. The lowest BCUT2D eigenvalue weighted by molar-refractivity contribution is 1.22. The summed E-state index contributed by atoms with van der Waals surface area (Å²) in [6.07, 6.45) is 12.0. The topological polar surface area (TPSA) is 6.48 Å². The molecular formula is C66H54N2. The first-order valence-corrected chi connectivity index (χ1v) is 22.6. The molecule has 2 nitrogen and oxygen atoms in total. The molecule has 0 bridgehead atoms. The number of benzene rings is 8. The quantitative estimate of drug-likeness (QED) is 0.0793. The molecule has 0 saturated carbocycles. The maximum Gasteiger partial charge on any atom is 0.0461 e. The van der Waals surface area contributed by atoms with E-state index in [0.29, 0.717) is 0 Å². The van der Waals surface area contributed by atoms with Crippen molar-refractivity contribution in [3.05, 3.63) is 328 Å². The van der Waals surface area contributed by atoms with Crippen molar-refractivity contribution in [2.45, 2.75) is 0 Å². The van der Waals surface area contributed by atoms with E-state index in [1.54, 1.807) is 0 Å². The molecule has 8 aromatic rings. The van der Waals surface area contributed by atoms with Crippen molar-refractivity contribution in [1.82, 2.24) is 0 Å². The fourth-order valence-electron chi connectivity index (χ4n) is 8.13. The zero-order chi connectivity index (χ0) is 47.2. The van der Waals surface area contributed by atoms with Gasteiger partial charge < -0.3 is 9.80 Å². The van der Waals surface area contributed by atoms with Crippen LogP contribution in [0.1, 0.15) is 11.1 Å². The summed E-state index contributed by atoms with van der Waals surface area (Å²) >= 11 is 0. The van der Waals surface area contributed by atoms with Crippen LogP contribution in [0.25, 0.3) is 44.5 Å². The molecule has 0 amide bonds. The lowest BCUT2D eigenvalue weighted by Gasteiger charge is -2.26. The molecule has 0 aliphatic rings. The zero-order valence-electron chi connectivity index (χ0n) is 38.4. The van der Waals surface area contributed by atoms with Gasteiger partial charge in [-0.25, -0.2) is 0 Å². The van der Waals surface area contributed by atoms with Gasteiger partial charge in [0.15, 0.2) is 0 Å². The molecule has 0 aromatic heterocycles. The second kappa shape index (κ2) is 21.8. The highest BCUT2D eigenvalue weighted by Crippen LogP contribution is 2.36. The molecule has 2 heteroatoms. The number of allylic oxidation sites excluding steroid dienone is 10. The number of nitrogens with zero attached hydrogens (tertiary/aromatic N) is 2. The fourth-order valence-corrected chi connectivity index (χ4v) is 8.13. The lowest BCUT2D eigenvalue weighted by Crippen LogP contribution is -2.14. The lowest BCUT2D eigenvalue weighted by atomic mass is 9.91. The van der Waals surface area contributed by atoms with Crippen LogP contribution in [0.15, 0.2) is 317 Å². The third kappa shape index (κ3) is 10.9. The third-order valence-corrected chi connectivity index (χ3v) is 11.8. The molecule has 0 aliphatic heterocycles. The Bertz CT molecular complexity index is 3170. The molecular weight excluding hydrogens is 821 g/mol. The smallest absolute Gasteiger partial charge is 0.0461 e. The average Bonchev–Trinajstić information content (AvgIpc) is 3.40. The Kier molecular flexibility index (Phi) is 14.6. The van der Waals surface area contributed by atoms with E-state index < -0.39 is 0 Å². The molecule has 0 radical (unpaired) electrons. The highest BCUT2D eigenvalue weighted by Gasteiger charge is 2.15. The summed E-state index contributed by atoms with van der Waals surface area (Å²) in [5.74, 6) is 0. The fraction of sp³-hybridized carbons (Fsp3) is 0. The number of hydrogen-bond donors (Lipinski definition) is 0. The Morgan fingerprint density at radius 2 is 0.765 bits per heavy atom. The minimum Gasteiger partial charge on any atom is -0.311 e. The summed E-state index contributed by atoms with van der Waals surface area (Å²) in [5, 5.41) is 0. The summed E-state index contributed by atoms with van der Waals surface area (Å²) in [4.78, 5) is 4.30. The van der Waals surface area contributed by atoms with E-state index in [-0.39, 0.29) is 0 Å². The van der Waals surface area contributed by atoms with Gasteiger partial charge in [0.05, 0.1) is 0 Å². The molecule has 328 valence electrons. The van der Waals surface area contributed by atoms with Crippen LogP contribution in [0.5, 0.6) is 0 Å². The molecule has 8 rings (SSSR count). The molecule has 0 saturated heterocycles. The largest absolute Gasteiger partial charge is 0.311 e. The third-order valence-electron chi connectivity index (χ3n) is 11.8. The minimum atomic E-state index is 0.761. The molecule has 0 unspecified atom stereocenters. The van der Waals surface area contributed by atoms with Crippen LogP contribution in [-0.2, 0) is 0 Å². The SMILES string of the molecule is C=C/C(=C\C(=C)C(=C)/C=C\C(=C)N(c1ccccc1)c1ccc(-c2ccccc2)cc1)c1ccccc1-c1cccc(C(=C)/C=C\C(=C)N(c2ccccc2)c2ccc(-c3ccccc3)cc2)c1. The molecule has 0 aliphatic carbocycles. The normalized spacial score (nSPS) is 11.3. The summed E-state index contributed by atoms with van der Waals surface area (Å²) < 4.78 is 0. The van der Waals surface area contributed by atoms with Crippen molar-refractivity contribution in [3.63, 3.8) is 0 Å². The molecule has 0 atom stereocenters. The molecule has 0 heterocycles. The summed E-state index contributed by atoms with van der Waals surface area (Å²) in [6.45, 7) is 26.6. The van der Waals surface area contributed by atoms with Crippen molar-refractivity contribution in [3.8, 4) is 33.4 Å². The van der Waals surface area contributed by atoms with Crippen LogP contribution in [-0.4, -0.2) is 0 Å². The van der Waals surface area contributed by atoms with Gasteiger partial charge in [-0.1, -0.05) is 221 Å². The monoisotopic (exact) mass is 874 g/mol. The average molecular weight is 875 g/mol. The Labute approximate surface area is 403 Å². The summed E-state index contributed by atoms with van der Waals surface area (Å²) in [7, 11) is 0. The van der Waals surface area contributed by atoms with Gasteiger partial charge >= 0.3 is 0 Å². The second-order valence-corrected chi connectivity index (χ2v) is 16.3. The van der Waals surface area contributed by atoms with E-state index in [1.807, 2.05) is 91.1 Å². The van der Waals surface area contributed by atoms with Gasteiger partial charge in [0.2, 0.25) is 0 Å². The van der Waals surface area contributed by atoms with E-state index in [2.05, 4.69) is 213 Å². The Morgan fingerprint density at radius 1 is 0.353 bits per heavy atom. The van der Waals surface area contributed by atoms with Gasteiger partial charge in [-0.2, -0.15) is 0 Å². The van der Waals surface area contributed by atoms with Crippen molar-refractivity contribution in [2.75, 3.05) is 9.80 Å². The van der Waals surface area contributed by atoms with Crippen molar-refractivity contribution < 1.29 is 0 Å². The van der Waals surface area contributed by atoms with Crippen LogP contribution in [0.4, 0.5) is 22.7 Å². The molecule has 8 aromatic carbocycles. The van der Waals surface area contributed by atoms with Gasteiger partial charge in [0.25, 0.3) is 0 Å². The van der Waals surface area contributed by atoms with Crippen molar-refractivity contribution in [2.24, 2.45) is 0 Å². The molecule has 0 fully saturated rings. The second-order valence-electron chi connectivity index (χ2n) is 16.3. The van der Waals surface area contributed by atoms with Gasteiger partial charge in [0, 0.05) is 34.1 Å². The van der Waals surface area contributed by atoms with Crippen molar-refractivity contribution in [1.29, 1.82) is 0 Å². The maximum absolute atomic E-state index is 4.52. The van der Waals surface area contributed by atoms with Gasteiger partial charge in [0.1, 0.15) is 0 Å². The Morgan fingerprint density at radius 3 is 1.26 bits per heavy atom. The predicted molar refractivity (Wildman–Crippen MR) is 295 cm³/mol. The highest BCUT2D eigenvalue weighted by molar-refractivity contribution is 5.88. The molecule has 0 spiro atoms. The summed E-state index contributed by atoms with van der Waals surface area (Å²) in [5.41, 5.74) is 17.8. The van der Waals surface area contributed by atoms with Gasteiger partial charge in [-0.3, -0.25) is 0 Å². The van der Waals surface area contributed by atoms with Crippen LogP contribution in [0, 0.1) is 0 Å².